The summed E-state index contributed by atoms with van der Waals surface area (Å²) in [6.07, 6.45) is -9.51. The minimum atomic E-state index is -4.82. The Morgan fingerprint density at radius 1 is 1.17 bits per heavy atom. The number of hydrogen-bond donors (Lipinski definition) is 1. The third-order valence-corrected chi connectivity index (χ3v) is 2.71. The Bertz CT molecular complexity index is 341. The molecule has 0 aromatic heterocycles. The molecular weight excluding hydrogens is 266 g/mol. The molecule has 1 aliphatic carbocycles. The lowest BCUT2D eigenvalue weighted by Gasteiger charge is -2.35. The summed E-state index contributed by atoms with van der Waals surface area (Å²) in [5.74, 6) is 0. The first-order valence-corrected chi connectivity index (χ1v) is 4.75. The monoisotopic (exact) mass is 278 g/mol. The van der Waals surface area contributed by atoms with Gasteiger partial charge in [0.1, 0.15) is 0 Å². The molecule has 2 nitrogen and oxygen atoms in total. The van der Waals surface area contributed by atoms with Gasteiger partial charge in [0.25, 0.3) is 0 Å². The lowest BCUT2D eigenvalue weighted by molar-refractivity contribution is -0.214. The molecule has 0 radical (unpaired) electrons. The molecule has 0 fully saturated rings. The van der Waals surface area contributed by atoms with E-state index in [1.807, 2.05) is 0 Å². The van der Waals surface area contributed by atoms with Crippen LogP contribution in [0.4, 0.5) is 26.3 Å². The minimum Gasteiger partial charge on any atom is -0.412 e. The smallest absolute Gasteiger partial charge is 0.412 e. The summed E-state index contributed by atoms with van der Waals surface area (Å²) in [4.78, 5) is 0. The van der Waals surface area contributed by atoms with E-state index in [0.717, 1.165) is 6.08 Å². The third kappa shape index (κ3) is 3.26. The van der Waals surface area contributed by atoms with Crippen LogP contribution < -0.4 is 0 Å². The molecule has 0 aromatic rings. The lowest BCUT2D eigenvalue weighted by atomic mass is 9.75. The molecule has 1 atom stereocenters. The minimum absolute atomic E-state index is 0. The van der Waals surface area contributed by atoms with Gasteiger partial charge in [-0.05, 0) is 12.8 Å². The molecule has 0 heterocycles. The van der Waals surface area contributed by atoms with Crippen LogP contribution in [0.15, 0.2) is 23.8 Å². The molecule has 0 saturated carbocycles. The van der Waals surface area contributed by atoms with Gasteiger partial charge in [0.2, 0.25) is 0 Å². The van der Waals surface area contributed by atoms with E-state index < -0.39 is 42.8 Å². The third-order valence-electron chi connectivity index (χ3n) is 2.71. The average molecular weight is 278 g/mol. The van der Waals surface area contributed by atoms with Crippen LogP contribution in [0, 0.1) is 5.41 Å². The molecule has 106 valence electrons. The quantitative estimate of drug-likeness (QED) is 0.775. The molecule has 0 amide bonds. The number of halogens is 6. The van der Waals surface area contributed by atoms with Crippen molar-refractivity contribution in [3.63, 3.8) is 0 Å². The molecular formula is C10H12F6O2. The zero-order chi connectivity index (χ0) is 13.3. The molecule has 1 rings (SSSR count). The van der Waals surface area contributed by atoms with Crippen LogP contribution >= 0.6 is 0 Å². The zero-order valence-corrected chi connectivity index (χ0v) is 9.07. The highest BCUT2D eigenvalue weighted by Gasteiger charge is 2.55. The number of aliphatic hydroxyl groups excluding tert-OH is 1. The highest BCUT2D eigenvalue weighted by Crippen LogP contribution is 2.50. The summed E-state index contributed by atoms with van der Waals surface area (Å²) in [7, 11) is 0. The molecule has 0 spiro atoms. The van der Waals surface area contributed by atoms with Crippen LogP contribution in [0.3, 0.4) is 0 Å². The van der Waals surface area contributed by atoms with E-state index in [0.29, 0.717) is 12.2 Å². The number of allylic oxidation sites excluding steroid dienone is 4. The standard InChI is InChI=1S/C10H10F6O.H2O/c11-9(12,13)7-2-1-3-8(6-7,4-5-17)10(14,15)16;/h1-3,17H,4-6H2;1H2. The topological polar surface area (TPSA) is 51.7 Å². The van der Waals surface area contributed by atoms with Crippen LogP contribution in [-0.4, -0.2) is 29.5 Å². The maximum absolute atomic E-state index is 12.8. The summed E-state index contributed by atoms with van der Waals surface area (Å²) in [5, 5.41) is 8.60. The van der Waals surface area contributed by atoms with Crippen molar-refractivity contribution in [1.29, 1.82) is 0 Å². The maximum Gasteiger partial charge on any atom is 0.412 e. The number of alkyl halides is 6. The molecule has 1 unspecified atom stereocenters. The molecule has 0 saturated heterocycles. The second-order valence-corrected chi connectivity index (χ2v) is 3.85. The largest absolute Gasteiger partial charge is 0.412 e. The van der Waals surface area contributed by atoms with Crippen molar-refractivity contribution >= 4 is 0 Å². The Balaban J connectivity index is 0.00000289. The van der Waals surface area contributed by atoms with Crippen molar-refractivity contribution < 1.29 is 36.9 Å². The molecule has 8 heteroatoms. The van der Waals surface area contributed by atoms with E-state index in [1.165, 1.54) is 0 Å². The van der Waals surface area contributed by atoms with Crippen LogP contribution in [0.1, 0.15) is 12.8 Å². The molecule has 18 heavy (non-hydrogen) atoms. The Morgan fingerprint density at radius 2 is 1.72 bits per heavy atom. The van der Waals surface area contributed by atoms with Gasteiger partial charge in [-0.25, -0.2) is 0 Å². The maximum atomic E-state index is 12.8. The molecule has 0 bridgehead atoms. The van der Waals surface area contributed by atoms with Crippen LogP contribution in [-0.2, 0) is 0 Å². The first kappa shape index (κ1) is 17.0. The van der Waals surface area contributed by atoms with Gasteiger partial charge in [-0.15, -0.1) is 0 Å². The average Bonchev–Trinajstić information content (AvgIpc) is 2.15. The van der Waals surface area contributed by atoms with E-state index in [4.69, 9.17) is 5.11 Å². The zero-order valence-electron chi connectivity index (χ0n) is 9.07. The van der Waals surface area contributed by atoms with Gasteiger partial charge >= 0.3 is 12.4 Å². The van der Waals surface area contributed by atoms with Crippen molar-refractivity contribution in [2.45, 2.75) is 25.2 Å². The predicted octanol–water partition coefficient (Wildman–Crippen LogP) is 2.54. The van der Waals surface area contributed by atoms with E-state index >= 15 is 0 Å². The number of aliphatic hydroxyl groups is 1. The molecule has 3 N–H and O–H groups in total. The van der Waals surface area contributed by atoms with Crippen molar-refractivity contribution in [2.75, 3.05) is 6.61 Å². The SMILES string of the molecule is O.OCCC1(C(F)(F)F)C=CC=C(C(F)(F)F)C1. The van der Waals surface area contributed by atoms with E-state index in [2.05, 4.69) is 0 Å². The second kappa shape index (κ2) is 5.31. The summed E-state index contributed by atoms with van der Waals surface area (Å²) < 4.78 is 75.5. The van der Waals surface area contributed by atoms with Gasteiger partial charge in [-0.2, -0.15) is 26.3 Å². The van der Waals surface area contributed by atoms with Crippen LogP contribution in [0.25, 0.3) is 0 Å². The highest BCUT2D eigenvalue weighted by molar-refractivity contribution is 5.28. The lowest BCUT2D eigenvalue weighted by Crippen LogP contribution is -2.40. The van der Waals surface area contributed by atoms with Crippen LogP contribution in [0.2, 0.25) is 0 Å². The van der Waals surface area contributed by atoms with Crippen molar-refractivity contribution in [3.8, 4) is 0 Å². The fourth-order valence-electron chi connectivity index (χ4n) is 1.71. The van der Waals surface area contributed by atoms with Crippen molar-refractivity contribution in [1.82, 2.24) is 0 Å². The van der Waals surface area contributed by atoms with Crippen LogP contribution in [0.5, 0.6) is 0 Å². The van der Waals surface area contributed by atoms with Gasteiger partial charge in [0, 0.05) is 12.2 Å². The van der Waals surface area contributed by atoms with Crippen molar-refractivity contribution in [2.24, 2.45) is 5.41 Å². The molecule has 0 aromatic carbocycles. The Kier molecular flexibility index (Phi) is 5.01. The van der Waals surface area contributed by atoms with Crippen molar-refractivity contribution in [3.05, 3.63) is 23.8 Å². The van der Waals surface area contributed by atoms with Gasteiger partial charge in [0.15, 0.2) is 0 Å². The summed E-state index contributed by atoms with van der Waals surface area (Å²) in [6.45, 7) is -0.824. The Labute approximate surface area is 98.9 Å². The number of rotatable bonds is 2. The highest BCUT2D eigenvalue weighted by atomic mass is 19.4. The van der Waals surface area contributed by atoms with Gasteiger partial charge in [0.05, 0.1) is 5.41 Å². The fourth-order valence-corrected chi connectivity index (χ4v) is 1.71. The Morgan fingerprint density at radius 3 is 2.11 bits per heavy atom. The second-order valence-electron chi connectivity index (χ2n) is 3.85. The summed E-state index contributed by atoms with van der Waals surface area (Å²) in [5.41, 5.74) is -3.85. The van der Waals surface area contributed by atoms with Gasteiger partial charge < -0.3 is 10.6 Å². The number of hydrogen-bond acceptors (Lipinski definition) is 1. The van der Waals surface area contributed by atoms with E-state index in [-0.39, 0.29) is 5.48 Å². The Hall–Kier alpha value is -1.02. The molecule has 1 aliphatic rings. The summed E-state index contributed by atoms with van der Waals surface area (Å²) in [6, 6.07) is 0. The summed E-state index contributed by atoms with van der Waals surface area (Å²) >= 11 is 0. The predicted molar refractivity (Wildman–Crippen MR) is 51.7 cm³/mol. The van der Waals surface area contributed by atoms with Gasteiger partial charge in [-0.3, -0.25) is 0 Å². The fraction of sp³-hybridized carbons (Fsp3) is 0.600. The first-order valence-electron chi connectivity index (χ1n) is 4.75. The van der Waals surface area contributed by atoms with E-state index in [1.54, 1.807) is 0 Å². The van der Waals surface area contributed by atoms with Gasteiger partial charge in [-0.1, -0.05) is 18.2 Å². The normalized spacial score (nSPS) is 24.5. The molecule has 0 aliphatic heterocycles. The first-order chi connectivity index (χ1) is 7.62. The van der Waals surface area contributed by atoms with E-state index in [9.17, 15) is 26.3 Å².